The molecule has 1 aromatic heterocycles. The van der Waals surface area contributed by atoms with E-state index in [9.17, 15) is 4.79 Å². The maximum atomic E-state index is 10.7. The Labute approximate surface area is 110 Å². The molecule has 1 N–H and O–H groups in total. The fourth-order valence-electron chi connectivity index (χ4n) is 2.36. The van der Waals surface area contributed by atoms with E-state index in [4.69, 9.17) is 14.3 Å². The van der Waals surface area contributed by atoms with Crippen molar-refractivity contribution in [3.05, 3.63) is 53.0 Å². The molecule has 1 aromatic carbocycles. The monoisotopic (exact) mass is 258 g/mol. The maximum absolute atomic E-state index is 10.7. The highest BCUT2D eigenvalue weighted by molar-refractivity contribution is 5.87. The van der Waals surface area contributed by atoms with Gasteiger partial charge in [-0.25, -0.2) is 4.79 Å². The van der Waals surface area contributed by atoms with Crippen LogP contribution >= 0.6 is 0 Å². The van der Waals surface area contributed by atoms with E-state index in [1.165, 1.54) is 29.9 Å². The van der Waals surface area contributed by atoms with Gasteiger partial charge >= 0.3 is 5.97 Å². The smallest absolute Gasteiger partial charge is 0.338 e. The number of carboxylic acids is 1. The molecule has 0 radical (unpaired) electrons. The molecule has 0 aliphatic heterocycles. The van der Waals surface area contributed by atoms with Crippen LogP contribution in [0, 0.1) is 0 Å². The van der Waals surface area contributed by atoms with Gasteiger partial charge in [0.1, 0.15) is 24.4 Å². The molecule has 0 saturated heterocycles. The molecule has 4 heteroatoms. The van der Waals surface area contributed by atoms with Crippen LogP contribution in [0.1, 0.15) is 33.7 Å². The quantitative estimate of drug-likeness (QED) is 0.915. The summed E-state index contributed by atoms with van der Waals surface area (Å²) in [5.41, 5.74) is 2.90. The summed E-state index contributed by atoms with van der Waals surface area (Å²) < 4.78 is 10.8. The van der Waals surface area contributed by atoms with Gasteiger partial charge in [-0.15, -0.1) is 0 Å². The zero-order valence-electron chi connectivity index (χ0n) is 10.4. The van der Waals surface area contributed by atoms with Gasteiger partial charge in [0.05, 0.1) is 5.56 Å². The van der Waals surface area contributed by atoms with Gasteiger partial charge in [-0.3, -0.25) is 0 Å². The van der Waals surface area contributed by atoms with Crippen molar-refractivity contribution in [2.45, 2.75) is 25.9 Å². The fraction of sp³-hybridized carbons (Fsp3) is 0.267. The van der Waals surface area contributed by atoms with Crippen molar-refractivity contribution in [1.82, 2.24) is 0 Å². The van der Waals surface area contributed by atoms with Crippen LogP contribution in [0.3, 0.4) is 0 Å². The molecule has 0 amide bonds. The second-order valence-electron chi connectivity index (χ2n) is 4.68. The topological polar surface area (TPSA) is 59.7 Å². The molecule has 0 atom stereocenters. The highest BCUT2D eigenvalue weighted by atomic mass is 16.5. The van der Waals surface area contributed by atoms with Crippen molar-refractivity contribution in [1.29, 1.82) is 0 Å². The lowest BCUT2D eigenvalue weighted by molar-refractivity contribution is 0.0696. The largest absolute Gasteiger partial charge is 0.486 e. The molecule has 0 fully saturated rings. The second kappa shape index (κ2) is 4.80. The summed E-state index contributed by atoms with van der Waals surface area (Å²) in [6, 6.07) is 7.59. The minimum atomic E-state index is -0.993. The van der Waals surface area contributed by atoms with Crippen molar-refractivity contribution >= 4 is 5.97 Å². The van der Waals surface area contributed by atoms with E-state index in [0.29, 0.717) is 5.76 Å². The summed E-state index contributed by atoms with van der Waals surface area (Å²) >= 11 is 0. The molecule has 0 saturated carbocycles. The van der Waals surface area contributed by atoms with Crippen LogP contribution in [0.2, 0.25) is 0 Å². The molecule has 19 heavy (non-hydrogen) atoms. The van der Waals surface area contributed by atoms with Gasteiger partial charge in [-0.2, -0.15) is 0 Å². The van der Waals surface area contributed by atoms with Crippen molar-refractivity contribution in [3.63, 3.8) is 0 Å². The molecule has 1 heterocycles. The van der Waals surface area contributed by atoms with Crippen molar-refractivity contribution < 1.29 is 19.1 Å². The highest BCUT2D eigenvalue weighted by Gasteiger charge is 2.12. The summed E-state index contributed by atoms with van der Waals surface area (Å²) in [7, 11) is 0. The first kappa shape index (κ1) is 11.8. The number of carboxylic acid groups (broad SMARTS) is 1. The number of fused-ring (bicyclic) bond motifs is 1. The Bertz CT molecular complexity index is 612. The molecule has 4 nitrogen and oxygen atoms in total. The molecule has 0 unspecified atom stereocenters. The first-order valence-corrected chi connectivity index (χ1v) is 6.28. The number of benzene rings is 1. The third-order valence-electron chi connectivity index (χ3n) is 3.35. The Morgan fingerprint density at radius 2 is 2.11 bits per heavy atom. The predicted molar refractivity (Wildman–Crippen MR) is 68.5 cm³/mol. The number of rotatable bonds is 4. The van der Waals surface area contributed by atoms with E-state index in [1.54, 1.807) is 0 Å². The Morgan fingerprint density at radius 3 is 2.89 bits per heavy atom. The summed E-state index contributed by atoms with van der Waals surface area (Å²) in [6.45, 7) is 0.242. The first-order chi connectivity index (χ1) is 9.22. The van der Waals surface area contributed by atoms with Crippen LogP contribution in [0.5, 0.6) is 5.75 Å². The lowest BCUT2D eigenvalue weighted by Crippen LogP contribution is -1.96. The number of aromatic carboxylic acids is 1. The molecule has 98 valence electrons. The molecular weight excluding hydrogens is 244 g/mol. The molecule has 2 aromatic rings. The summed E-state index contributed by atoms with van der Waals surface area (Å²) in [4.78, 5) is 10.7. The Hall–Kier alpha value is -2.23. The molecule has 1 aliphatic rings. The van der Waals surface area contributed by atoms with Gasteiger partial charge < -0.3 is 14.3 Å². The van der Waals surface area contributed by atoms with E-state index in [1.807, 2.05) is 6.07 Å². The van der Waals surface area contributed by atoms with Crippen molar-refractivity contribution in [2.75, 3.05) is 0 Å². The number of aryl methyl sites for hydroxylation is 2. The number of ether oxygens (including phenoxy) is 1. The van der Waals surface area contributed by atoms with E-state index in [2.05, 4.69) is 12.1 Å². The van der Waals surface area contributed by atoms with Crippen LogP contribution in [0.25, 0.3) is 0 Å². The third-order valence-corrected chi connectivity index (χ3v) is 3.35. The van der Waals surface area contributed by atoms with Gasteiger partial charge in [0.2, 0.25) is 0 Å². The van der Waals surface area contributed by atoms with Crippen LogP contribution in [0.15, 0.2) is 34.9 Å². The van der Waals surface area contributed by atoms with Crippen LogP contribution < -0.4 is 4.74 Å². The molecule has 3 rings (SSSR count). The zero-order valence-corrected chi connectivity index (χ0v) is 10.4. The Morgan fingerprint density at radius 1 is 1.26 bits per heavy atom. The number of hydrogen-bond donors (Lipinski definition) is 1. The Kier molecular flexibility index (Phi) is 2.99. The fourth-order valence-corrected chi connectivity index (χ4v) is 2.36. The summed E-state index contributed by atoms with van der Waals surface area (Å²) in [5.74, 6) is 0.319. The average Bonchev–Trinajstić information content (AvgIpc) is 3.04. The third kappa shape index (κ3) is 2.47. The van der Waals surface area contributed by atoms with Crippen LogP contribution in [0.4, 0.5) is 0 Å². The minimum Gasteiger partial charge on any atom is -0.486 e. The van der Waals surface area contributed by atoms with E-state index in [-0.39, 0.29) is 12.2 Å². The van der Waals surface area contributed by atoms with Gasteiger partial charge in [0.15, 0.2) is 0 Å². The molecule has 0 bridgehead atoms. The SMILES string of the molecule is O=C(O)c1coc(COc2ccc3c(c2)CCC3)c1. The lowest BCUT2D eigenvalue weighted by atomic mass is 10.1. The number of hydrogen-bond acceptors (Lipinski definition) is 3. The zero-order chi connectivity index (χ0) is 13.2. The van der Waals surface area contributed by atoms with Gasteiger partial charge in [-0.05, 0) is 48.6 Å². The Balaban J connectivity index is 1.67. The van der Waals surface area contributed by atoms with E-state index >= 15 is 0 Å². The highest BCUT2D eigenvalue weighted by Crippen LogP contribution is 2.26. The van der Waals surface area contributed by atoms with Crippen molar-refractivity contribution in [2.24, 2.45) is 0 Å². The lowest BCUT2D eigenvalue weighted by Gasteiger charge is -2.06. The molecule has 1 aliphatic carbocycles. The molecular formula is C15H14O4. The summed E-state index contributed by atoms with van der Waals surface area (Å²) in [6.07, 6.45) is 4.69. The minimum absolute atomic E-state index is 0.146. The van der Waals surface area contributed by atoms with Gasteiger partial charge in [-0.1, -0.05) is 6.07 Å². The first-order valence-electron chi connectivity index (χ1n) is 6.28. The maximum Gasteiger partial charge on any atom is 0.338 e. The number of carbonyl (C=O) groups is 1. The van der Waals surface area contributed by atoms with Crippen LogP contribution in [-0.4, -0.2) is 11.1 Å². The number of furan rings is 1. The second-order valence-corrected chi connectivity index (χ2v) is 4.68. The molecule has 0 spiro atoms. The van der Waals surface area contributed by atoms with E-state index < -0.39 is 5.97 Å². The normalized spacial score (nSPS) is 13.3. The average molecular weight is 258 g/mol. The standard InChI is InChI=1S/C15H14O4/c16-15(17)12-7-14(18-8-12)9-19-13-5-4-10-2-1-3-11(10)6-13/h4-8H,1-3,9H2,(H,16,17). The van der Waals surface area contributed by atoms with E-state index in [0.717, 1.165) is 18.6 Å². The van der Waals surface area contributed by atoms with Crippen molar-refractivity contribution in [3.8, 4) is 5.75 Å². The predicted octanol–water partition coefficient (Wildman–Crippen LogP) is 3.05. The van der Waals surface area contributed by atoms with Gasteiger partial charge in [0, 0.05) is 0 Å². The van der Waals surface area contributed by atoms with Crippen LogP contribution in [-0.2, 0) is 19.4 Å². The summed E-state index contributed by atoms with van der Waals surface area (Å²) in [5, 5.41) is 8.79. The van der Waals surface area contributed by atoms with Gasteiger partial charge in [0.25, 0.3) is 0 Å².